The lowest BCUT2D eigenvalue weighted by atomic mass is 9.54. The van der Waals surface area contributed by atoms with Gasteiger partial charge in [0, 0.05) is 18.4 Å². The van der Waals surface area contributed by atoms with E-state index in [0.717, 1.165) is 50.7 Å². The lowest BCUT2D eigenvalue weighted by Gasteiger charge is -2.50. The number of hydrogen-bond acceptors (Lipinski definition) is 3. The van der Waals surface area contributed by atoms with Gasteiger partial charge in [-0.15, -0.1) is 0 Å². The molecule has 0 bridgehead atoms. The first kappa shape index (κ1) is 21.7. The zero-order valence-electron chi connectivity index (χ0n) is 19.3. The van der Waals surface area contributed by atoms with Crippen LogP contribution in [0.3, 0.4) is 0 Å². The highest BCUT2D eigenvalue weighted by molar-refractivity contribution is 5.87. The van der Waals surface area contributed by atoms with E-state index in [0.29, 0.717) is 36.1 Å². The molecule has 0 aliphatic heterocycles. The summed E-state index contributed by atoms with van der Waals surface area (Å²) < 4.78 is 6.10. The molecular formula is C29H36O3. The van der Waals surface area contributed by atoms with Crippen molar-refractivity contribution in [1.29, 1.82) is 0 Å². The summed E-state index contributed by atoms with van der Waals surface area (Å²) in [5.41, 5.74) is 4.02. The Labute approximate surface area is 192 Å². The van der Waals surface area contributed by atoms with Crippen molar-refractivity contribution in [2.75, 3.05) is 6.61 Å². The number of aryl methyl sites for hydroxylation is 1. The fourth-order valence-corrected chi connectivity index (χ4v) is 7.23. The molecule has 170 valence electrons. The van der Waals surface area contributed by atoms with E-state index in [1.54, 1.807) is 0 Å². The van der Waals surface area contributed by atoms with Crippen LogP contribution in [0, 0.1) is 23.2 Å². The summed E-state index contributed by atoms with van der Waals surface area (Å²) in [4.78, 5) is 13.1. The number of hydrogen-bond donors (Lipinski definition) is 1. The molecule has 2 fully saturated rings. The van der Waals surface area contributed by atoms with Gasteiger partial charge in [0.2, 0.25) is 0 Å². The first-order chi connectivity index (χ1) is 15.6. The number of aliphatic hydroxyl groups is 1. The second-order valence-corrected chi connectivity index (χ2v) is 10.5. The number of ketones is 1. The van der Waals surface area contributed by atoms with Gasteiger partial charge < -0.3 is 9.84 Å². The third kappa shape index (κ3) is 3.90. The number of carbonyl (C=O) groups excluding carboxylic acids is 1. The number of rotatable bonds is 7. The SMILES string of the molecule is C[C@]12CCC3c4ccc(OCc5ccccc5)cc4CCC3C1[C@H](CCCCO)CC2=O. The Morgan fingerprint density at radius 3 is 2.75 bits per heavy atom. The monoisotopic (exact) mass is 432 g/mol. The number of aliphatic hydroxyl groups excluding tert-OH is 1. The predicted molar refractivity (Wildman–Crippen MR) is 127 cm³/mol. The van der Waals surface area contributed by atoms with Crippen LogP contribution in [0.4, 0.5) is 0 Å². The Morgan fingerprint density at radius 2 is 1.94 bits per heavy atom. The third-order valence-corrected chi connectivity index (χ3v) is 8.77. The molecule has 3 aliphatic carbocycles. The van der Waals surface area contributed by atoms with Crippen LogP contribution in [0.2, 0.25) is 0 Å². The molecule has 0 amide bonds. The molecule has 3 aliphatic rings. The number of benzene rings is 2. The molecule has 3 nitrogen and oxygen atoms in total. The molecule has 0 spiro atoms. The second-order valence-electron chi connectivity index (χ2n) is 10.5. The van der Waals surface area contributed by atoms with Crippen LogP contribution in [0.1, 0.15) is 74.5 Å². The van der Waals surface area contributed by atoms with E-state index >= 15 is 0 Å². The maximum absolute atomic E-state index is 13.1. The third-order valence-electron chi connectivity index (χ3n) is 8.77. The van der Waals surface area contributed by atoms with Crippen LogP contribution < -0.4 is 4.74 Å². The second kappa shape index (κ2) is 9.02. The fraction of sp³-hybridized carbons (Fsp3) is 0.552. The summed E-state index contributed by atoms with van der Waals surface area (Å²) in [5, 5.41) is 9.22. The average Bonchev–Trinajstić information content (AvgIpc) is 3.08. The van der Waals surface area contributed by atoms with Crippen LogP contribution >= 0.6 is 0 Å². The molecular weight excluding hydrogens is 396 g/mol. The molecule has 3 heteroatoms. The van der Waals surface area contributed by atoms with E-state index in [9.17, 15) is 9.90 Å². The van der Waals surface area contributed by atoms with Gasteiger partial charge in [0.25, 0.3) is 0 Å². The van der Waals surface area contributed by atoms with E-state index in [2.05, 4.69) is 37.3 Å². The zero-order chi connectivity index (χ0) is 22.1. The van der Waals surface area contributed by atoms with Crippen molar-refractivity contribution in [3.63, 3.8) is 0 Å². The van der Waals surface area contributed by atoms with Gasteiger partial charge in [0.05, 0.1) is 0 Å². The van der Waals surface area contributed by atoms with Crippen molar-refractivity contribution >= 4 is 5.78 Å². The number of Topliss-reactive ketones (excluding diaryl/α,β-unsaturated/α-hetero) is 1. The molecule has 5 rings (SSSR count). The fourth-order valence-electron chi connectivity index (χ4n) is 7.23. The van der Waals surface area contributed by atoms with Crippen molar-refractivity contribution in [1.82, 2.24) is 0 Å². The van der Waals surface area contributed by atoms with E-state index in [4.69, 9.17) is 4.74 Å². The van der Waals surface area contributed by atoms with Crippen LogP contribution in [0.5, 0.6) is 5.75 Å². The molecule has 2 aromatic carbocycles. The molecule has 0 saturated heterocycles. The minimum absolute atomic E-state index is 0.124. The Hall–Kier alpha value is -2.13. The molecule has 0 heterocycles. The first-order valence-corrected chi connectivity index (χ1v) is 12.5. The summed E-state index contributed by atoms with van der Waals surface area (Å²) in [5.74, 6) is 3.67. The normalized spacial score (nSPS) is 31.0. The summed E-state index contributed by atoms with van der Waals surface area (Å²) in [6.45, 7) is 3.12. The molecule has 2 aromatic rings. The molecule has 0 radical (unpaired) electrons. The number of unbranched alkanes of at least 4 members (excludes halogenated alkanes) is 1. The van der Waals surface area contributed by atoms with E-state index in [-0.39, 0.29) is 12.0 Å². The Kier molecular flexibility index (Phi) is 6.11. The van der Waals surface area contributed by atoms with Crippen LogP contribution in [0.25, 0.3) is 0 Å². The van der Waals surface area contributed by atoms with Gasteiger partial charge in [-0.25, -0.2) is 0 Å². The Morgan fingerprint density at radius 1 is 1.09 bits per heavy atom. The molecule has 3 unspecified atom stereocenters. The summed E-state index contributed by atoms with van der Waals surface area (Å²) in [7, 11) is 0. The van der Waals surface area contributed by atoms with Gasteiger partial charge in [-0.05, 0) is 91.0 Å². The van der Waals surface area contributed by atoms with Gasteiger partial charge in [-0.2, -0.15) is 0 Å². The van der Waals surface area contributed by atoms with Gasteiger partial charge in [0.15, 0.2) is 0 Å². The summed E-state index contributed by atoms with van der Waals surface area (Å²) in [6.07, 6.45) is 8.18. The van der Waals surface area contributed by atoms with Gasteiger partial charge >= 0.3 is 0 Å². The first-order valence-electron chi connectivity index (χ1n) is 12.5. The Bertz CT molecular complexity index is 952. The molecule has 32 heavy (non-hydrogen) atoms. The van der Waals surface area contributed by atoms with Crippen molar-refractivity contribution < 1.29 is 14.6 Å². The van der Waals surface area contributed by atoms with Crippen molar-refractivity contribution in [2.24, 2.45) is 23.2 Å². The van der Waals surface area contributed by atoms with Crippen molar-refractivity contribution in [2.45, 2.75) is 70.8 Å². The number of fused-ring (bicyclic) bond motifs is 5. The standard InChI is InChI=1S/C29H36O3/c1-29-15-14-25-24-13-11-23(32-19-20-7-3-2-4-8-20)17-21(24)10-12-26(25)28(29)22(18-27(29)31)9-5-6-16-30/h2-4,7-8,11,13,17,22,25-26,28,30H,5-6,9-10,12,14-16,18-19H2,1H3/t22-,25?,26?,28?,29-/m1/s1. The predicted octanol–water partition coefficient (Wildman–Crippen LogP) is 6.08. The Balaban J connectivity index is 1.34. The molecule has 0 aromatic heterocycles. The average molecular weight is 433 g/mol. The van der Waals surface area contributed by atoms with Gasteiger partial charge in [0.1, 0.15) is 18.1 Å². The molecule has 1 N–H and O–H groups in total. The quantitative estimate of drug-likeness (QED) is 0.539. The van der Waals surface area contributed by atoms with Crippen LogP contribution in [-0.2, 0) is 17.8 Å². The summed E-state index contributed by atoms with van der Waals surface area (Å²) in [6, 6.07) is 17.1. The van der Waals surface area contributed by atoms with E-state index < -0.39 is 0 Å². The maximum Gasteiger partial charge on any atom is 0.139 e. The van der Waals surface area contributed by atoms with Gasteiger partial charge in [-0.3, -0.25) is 4.79 Å². The number of carbonyl (C=O) groups is 1. The number of ether oxygens (including phenoxy) is 1. The van der Waals surface area contributed by atoms with E-state index in [1.165, 1.54) is 23.1 Å². The van der Waals surface area contributed by atoms with Crippen molar-refractivity contribution in [3.8, 4) is 5.75 Å². The van der Waals surface area contributed by atoms with Crippen LogP contribution in [-0.4, -0.2) is 17.5 Å². The van der Waals surface area contributed by atoms with Gasteiger partial charge in [-0.1, -0.05) is 49.7 Å². The zero-order valence-corrected chi connectivity index (χ0v) is 19.3. The highest BCUT2D eigenvalue weighted by Crippen LogP contribution is 2.62. The smallest absolute Gasteiger partial charge is 0.139 e. The topological polar surface area (TPSA) is 46.5 Å². The highest BCUT2D eigenvalue weighted by atomic mass is 16.5. The van der Waals surface area contributed by atoms with Crippen LogP contribution in [0.15, 0.2) is 48.5 Å². The molecule has 5 atom stereocenters. The lowest BCUT2D eigenvalue weighted by Crippen LogP contribution is -2.44. The highest BCUT2D eigenvalue weighted by Gasteiger charge is 2.58. The lowest BCUT2D eigenvalue weighted by molar-refractivity contribution is -0.129. The minimum atomic E-state index is -0.124. The molecule has 2 saturated carbocycles. The largest absolute Gasteiger partial charge is 0.489 e. The minimum Gasteiger partial charge on any atom is -0.489 e. The maximum atomic E-state index is 13.1. The van der Waals surface area contributed by atoms with Crippen molar-refractivity contribution in [3.05, 3.63) is 65.2 Å². The summed E-state index contributed by atoms with van der Waals surface area (Å²) >= 11 is 0. The van der Waals surface area contributed by atoms with E-state index in [1.807, 2.05) is 18.2 Å².